The van der Waals surface area contributed by atoms with Crippen LogP contribution in [0.25, 0.3) is 0 Å². The van der Waals surface area contributed by atoms with Crippen molar-refractivity contribution in [3.05, 3.63) is 0 Å². The van der Waals surface area contributed by atoms with Crippen LogP contribution >= 0.6 is 7.82 Å². The van der Waals surface area contributed by atoms with Gasteiger partial charge in [-0.15, -0.1) is 0 Å². The van der Waals surface area contributed by atoms with E-state index in [1.165, 1.54) is 0 Å². The maximum Gasteiger partial charge on any atom is 0.466 e. The number of phosphoric acid groups is 1. The Kier molecular flexibility index (Phi) is 23.8. The summed E-state index contributed by atoms with van der Waals surface area (Å²) < 4.78 is 8.88. The Balaban J connectivity index is -0.0000000267. The number of hydrogen-bond acceptors (Lipinski definition) is 2. The SMILES string of the molecule is N.O=P(O)(O)O.[Mo].[V]. The van der Waals surface area contributed by atoms with Gasteiger partial charge >= 0.3 is 7.82 Å². The minimum absolute atomic E-state index is 0. The average Bonchev–Trinajstić information content (AvgIpc) is 0.722. The van der Waals surface area contributed by atoms with Crippen LogP contribution in [-0.2, 0) is 44.2 Å². The first-order chi connectivity index (χ1) is 2.00. The number of hydrogen-bond donors (Lipinski definition) is 4. The van der Waals surface area contributed by atoms with Crippen LogP contribution in [0.5, 0.6) is 0 Å². The van der Waals surface area contributed by atoms with Crippen molar-refractivity contribution in [2.75, 3.05) is 0 Å². The van der Waals surface area contributed by atoms with E-state index in [1.54, 1.807) is 0 Å². The first-order valence-electron chi connectivity index (χ1n) is 0.783. The molecule has 8 heavy (non-hydrogen) atoms. The summed E-state index contributed by atoms with van der Waals surface area (Å²) in [6.45, 7) is 0. The Bertz CT molecular complexity index is 62.2. The molecule has 0 amide bonds. The van der Waals surface area contributed by atoms with Crippen molar-refractivity contribution >= 4 is 7.82 Å². The quantitative estimate of drug-likeness (QED) is 0.338. The second-order valence-corrected chi connectivity index (χ2v) is 1.54. The van der Waals surface area contributed by atoms with Gasteiger partial charge in [0.05, 0.1) is 0 Å². The predicted molar refractivity (Wildman–Crippen MR) is 19.3 cm³/mol. The maximum absolute atomic E-state index is 8.88. The van der Waals surface area contributed by atoms with Gasteiger partial charge in [0.15, 0.2) is 0 Å². The summed E-state index contributed by atoms with van der Waals surface area (Å²) in [6, 6.07) is 0. The molecular formula is H6MoNO4PV. The third kappa shape index (κ3) is 164. The normalized spacial score (nSPS) is 7.38. The standard InChI is InChI=1S/Mo.H3N.H3O4P.V/c;;1-5(2,3)4;/h;1H3;(H3,1,2,3,4);. The van der Waals surface area contributed by atoms with Gasteiger partial charge in [-0.25, -0.2) is 4.57 Å². The fourth-order valence-corrected chi connectivity index (χ4v) is 0. The van der Waals surface area contributed by atoms with Crippen LogP contribution in [-0.4, -0.2) is 14.7 Å². The molecule has 5 nitrogen and oxygen atoms in total. The van der Waals surface area contributed by atoms with Gasteiger partial charge in [-0.1, -0.05) is 0 Å². The van der Waals surface area contributed by atoms with E-state index in [4.69, 9.17) is 19.2 Å². The van der Waals surface area contributed by atoms with E-state index >= 15 is 0 Å². The Hall–Kier alpha value is 1.34. The van der Waals surface area contributed by atoms with E-state index < -0.39 is 7.82 Å². The van der Waals surface area contributed by atoms with Crippen LogP contribution in [0, 0.1) is 0 Å². The molecule has 6 N–H and O–H groups in total. The van der Waals surface area contributed by atoms with E-state index in [1.807, 2.05) is 0 Å². The molecule has 51 valence electrons. The zero-order chi connectivity index (χ0) is 4.50. The van der Waals surface area contributed by atoms with Crippen LogP contribution in [0.4, 0.5) is 0 Å². The van der Waals surface area contributed by atoms with Gasteiger partial charge in [-0.05, 0) is 0 Å². The van der Waals surface area contributed by atoms with E-state index in [2.05, 4.69) is 0 Å². The predicted octanol–water partition coefficient (Wildman–Crippen LogP) is -0.772. The van der Waals surface area contributed by atoms with Gasteiger partial charge in [0.25, 0.3) is 0 Å². The minimum Gasteiger partial charge on any atom is -0.344 e. The topological polar surface area (TPSA) is 113 Å². The molecule has 0 rings (SSSR count). The van der Waals surface area contributed by atoms with Crippen molar-refractivity contribution in [3.8, 4) is 0 Å². The Morgan fingerprint density at radius 3 is 1.12 bits per heavy atom. The van der Waals surface area contributed by atoms with Gasteiger partial charge in [-0.3, -0.25) is 0 Å². The third-order valence-electron chi connectivity index (χ3n) is 0. The summed E-state index contributed by atoms with van der Waals surface area (Å²) in [5.41, 5.74) is 0. The molecule has 0 aliphatic carbocycles. The van der Waals surface area contributed by atoms with Gasteiger partial charge in [0.1, 0.15) is 0 Å². The summed E-state index contributed by atoms with van der Waals surface area (Å²) in [5, 5.41) is 0. The van der Waals surface area contributed by atoms with Crippen LogP contribution < -0.4 is 6.15 Å². The van der Waals surface area contributed by atoms with Crippen molar-refractivity contribution in [3.63, 3.8) is 0 Å². The molecule has 0 saturated carbocycles. The molecule has 0 heterocycles. The molecule has 0 bridgehead atoms. The van der Waals surface area contributed by atoms with E-state index in [9.17, 15) is 0 Å². The molecule has 0 spiro atoms. The van der Waals surface area contributed by atoms with Gasteiger partial charge in [0.2, 0.25) is 0 Å². The smallest absolute Gasteiger partial charge is 0.344 e. The Morgan fingerprint density at radius 1 is 1.12 bits per heavy atom. The van der Waals surface area contributed by atoms with Gasteiger partial charge in [0, 0.05) is 39.6 Å². The fraction of sp³-hybridized carbons (Fsp3) is 0. The van der Waals surface area contributed by atoms with Crippen LogP contribution in [0.15, 0.2) is 0 Å². The van der Waals surface area contributed by atoms with Gasteiger partial charge in [-0.2, -0.15) is 0 Å². The molecular weight excluding hydrogens is 256 g/mol. The van der Waals surface area contributed by atoms with Crippen molar-refractivity contribution < 1.29 is 58.9 Å². The molecule has 0 aromatic heterocycles. The van der Waals surface area contributed by atoms with Crippen molar-refractivity contribution in [2.24, 2.45) is 0 Å². The summed E-state index contributed by atoms with van der Waals surface area (Å²) in [7, 11) is -4.64. The van der Waals surface area contributed by atoms with Crippen molar-refractivity contribution in [1.29, 1.82) is 0 Å². The Labute approximate surface area is 72.8 Å². The summed E-state index contributed by atoms with van der Waals surface area (Å²) in [4.78, 5) is 21.6. The first-order valence-corrected chi connectivity index (χ1v) is 2.35. The number of rotatable bonds is 0. The average molecular weight is 262 g/mol. The second kappa shape index (κ2) is 8.34. The van der Waals surface area contributed by atoms with Crippen molar-refractivity contribution in [1.82, 2.24) is 6.15 Å². The first kappa shape index (κ1) is 22.8. The van der Waals surface area contributed by atoms with E-state index in [-0.39, 0.29) is 45.8 Å². The Morgan fingerprint density at radius 2 is 1.12 bits per heavy atom. The second-order valence-electron chi connectivity index (χ2n) is 0.513. The monoisotopic (exact) mass is 264 g/mol. The molecule has 8 heteroatoms. The van der Waals surface area contributed by atoms with Crippen LogP contribution in [0.3, 0.4) is 0 Å². The molecule has 0 aromatic rings. The minimum atomic E-state index is -4.64. The van der Waals surface area contributed by atoms with E-state index in [0.717, 1.165) is 0 Å². The molecule has 0 fully saturated rings. The zero-order valence-electron chi connectivity index (χ0n) is 3.76. The third-order valence-corrected chi connectivity index (χ3v) is 0. The van der Waals surface area contributed by atoms with Crippen molar-refractivity contribution in [2.45, 2.75) is 0 Å². The molecule has 0 atom stereocenters. The molecule has 1 radical (unpaired) electrons. The summed E-state index contributed by atoms with van der Waals surface area (Å²) in [6.07, 6.45) is 0. The molecule has 0 aromatic carbocycles. The van der Waals surface area contributed by atoms with E-state index in [0.29, 0.717) is 0 Å². The summed E-state index contributed by atoms with van der Waals surface area (Å²) >= 11 is 0. The fourth-order valence-electron chi connectivity index (χ4n) is 0. The van der Waals surface area contributed by atoms with Crippen LogP contribution in [0.1, 0.15) is 0 Å². The molecule has 0 unspecified atom stereocenters. The van der Waals surface area contributed by atoms with Crippen LogP contribution in [0.2, 0.25) is 0 Å². The molecule has 0 saturated heterocycles. The van der Waals surface area contributed by atoms with Gasteiger partial charge < -0.3 is 20.8 Å². The zero-order valence-corrected chi connectivity index (χ0v) is 8.06. The molecule has 0 aliphatic heterocycles. The molecule has 0 aliphatic rings. The summed E-state index contributed by atoms with van der Waals surface area (Å²) in [5.74, 6) is 0. The largest absolute Gasteiger partial charge is 0.466 e. The maximum atomic E-state index is 8.88.